The highest BCUT2D eigenvalue weighted by molar-refractivity contribution is 5.62. The van der Waals surface area contributed by atoms with E-state index in [2.05, 4.69) is 39.7 Å². The Labute approximate surface area is 112 Å². The van der Waals surface area contributed by atoms with Gasteiger partial charge in [0, 0.05) is 30.8 Å². The summed E-state index contributed by atoms with van der Waals surface area (Å²) in [6, 6.07) is 8.21. The van der Waals surface area contributed by atoms with Gasteiger partial charge in [-0.1, -0.05) is 17.7 Å². The van der Waals surface area contributed by atoms with Crippen LogP contribution in [0.15, 0.2) is 24.3 Å². The van der Waals surface area contributed by atoms with Crippen molar-refractivity contribution < 1.29 is 0 Å². The van der Waals surface area contributed by atoms with E-state index < -0.39 is 0 Å². The number of hydrogen-bond acceptors (Lipinski definition) is 5. The van der Waals surface area contributed by atoms with Crippen LogP contribution in [0.4, 0.5) is 17.5 Å². The molecule has 0 aliphatic carbocycles. The number of nitrogen functional groups attached to an aromatic ring is 1. The Bertz CT molecular complexity index is 592. The fourth-order valence-corrected chi connectivity index (χ4v) is 2.24. The van der Waals surface area contributed by atoms with Gasteiger partial charge in [-0.05, 0) is 19.1 Å². The lowest BCUT2D eigenvalue weighted by molar-refractivity contribution is 0.629. The molecule has 0 unspecified atom stereocenters. The molecule has 1 aliphatic heterocycles. The third kappa shape index (κ3) is 2.51. The SMILES string of the molecule is Cc1ccc(Nc2nc(N)nc3c2CNCC3)cc1. The zero-order valence-electron chi connectivity index (χ0n) is 10.9. The maximum atomic E-state index is 5.78. The standard InChI is InChI=1S/C14H17N5/c1-9-2-4-10(5-3-9)17-13-11-8-16-7-6-12(11)18-14(15)19-13/h2-5,16H,6-8H2,1H3,(H3,15,17,18,19). The van der Waals surface area contributed by atoms with Gasteiger partial charge < -0.3 is 16.4 Å². The lowest BCUT2D eigenvalue weighted by Crippen LogP contribution is -2.26. The smallest absolute Gasteiger partial charge is 0.222 e. The van der Waals surface area contributed by atoms with E-state index in [0.717, 1.165) is 42.3 Å². The highest BCUT2D eigenvalue weighted by Gasteiger charge is 2.16. The molecule has 3 rings (SSSR count). The third-order valence-electron chi connectivity index (χ3n) is 3.26. The molecule has 0 bridgehead atoms. The van der Waals surface area contributed by atoms with E-state index in [-0.39, 0.29) is 0 Å². The third-order valence-corrected chi connectivity index (χ3v) is 3.26. The molecule has 0 amide bonds. The van der Waals surface area contributed by atoms with E-state index in [9.17, 15) is 0 Å². The van der Waals surface area contributed by atoms with Gasteiger partial charge in [-0.3, -0.25) is 0 Å². The molecule has 1 aliphatic rings. The zero-order valence-corrected chi connectivity index (χ0v) is 10.9. The Morgan fingerprint density at radius 2 is 2.00 bits per heavy atom. The van der Waals surface area contributed by atoms with E-state index in [0.29, 0.717) is 5.95 Å². The minimum Gasteiger partial charge on any atom is -0.368 e. The summed E-state index contributed by atoms with van der Waals surface area (Å²) in [4.78, 5) is 8.64. The summed E-state index contributed by atoms with van der Waals surface area (Å²) in [5.74, 6) is 1.13. The number of hydrogen-bond donors (Lipinski definition) is 3. The summed E-state index contributed by atoms with van der Waals surface area (Å²) in [6.07, 6.45) is 0.893. The van der Waals surface area contributed by atoms with Crippen LogP contribution in [0.25, 0.3) is 0 Å². The van der Waals surface area contributed by atoms with Crippen LogP contribution in [0, 0.1) is 6.92 Å². The van der Waals surface area contributed by atoms with Gasteiger partial charge in [-0.25, -0.2) is 4.98 Å². The van der Waals surface area contributed by atoms with Crippen LogP contribution in [0.5, 0.6) is 0 Å². The van der Waals surface area contributed by atoms with Gasteiger partial charge in [0.15, 0.2) is 0 Å². The zero-order chi connectivity index (χ0) is 13.2. The van der Waals surface area contributed by atoms with Crippen molar-refractivity contribution in [1.82, 2.24) is 15.3 Å². The number of aromatic nitrogens is 2. The van der Waals surface area contributed by atoms with Gasteiger partial charge in [-0.2, -0.15) is 4.98 Å². The van der Waals surface area contributed by atoms with Gasteiger partial charge in [0.05, 0.1) is 5.69 Å². The first-order chi connectivity index (χ1) is 9.22. The number of fused-ring (bicyclic) bond motifs is 1. The molecule has 0 fully saturated rings. The predicted molar refractivity (Wildman–Crippen MR) is 76.3 cm³/mol. The van der Waals surface area contributed by atoms with Crippen molar-refractivity contribution in [3.05, 3.63) is 41.1 Å². The molecule has 0 atom stereocenters. The molecule has 1 aromatic heterocycles. The highest BCUT2D eigenvalue weighted by atomic mass is 15.1. The van der Waals surface area contributed by atoms with Crippen molar-refractivity contribution in [2.24, 2.45) is 0 Å². The van der Waals surface area contributed by atoms with Crippen LogP contribution in [-0.2, 0) is 13.0 Å². The quantitative estimate of drug-likeness (QED) is 0.762. The van der Waals surface area contributed by atoms with Crippen molar-refractivity contribution >= 4 is 17.5 Å². The summed E-state index contributed by atoms with van der Waals surface area (Å²) in [5, 5.41) is 6.66. The molecule has 2 heterocycles. The van der Waals surface area contributed by atoms with Crippen LogP contribution in [-0.4, -0.2) is 16.5 Å². The fourth-order valence-electron chi connectivity index (χ4n) is 2.24. The molecule has 0 radical (unpaired) electrons. The summed E-state index contributed by atoms with van der Waals surface area (Å²) >= 11 is 0. The molecular formula is C14H17N5. The van der Waals surface area contributed by atoms with Crippen LogP contribution >= 0.6 is 0 Å². The lowest BCUT2D eigenvalue weighted by Gasteiger charge is -2.20. The molecule has 1 aromatic carbocycles. The minimum absolute atomic E-state index is 0.329. The van der Waals surface area contributed by atoms with Gasteiger partial charge in [-0.15, -0.1) is 0 Å². The van der Waals surface area contributed by atoms with E-state index in [4.69, 9.17) is 5.73 Å². The molecule has 5 nitrogen and oxygen atoms in total. The number of nitrogens with zero attached hydrogens (tertiary/aromatic N) is 2. The number of nitrogens with one attached hydrogen (secondary N) is 2. The fraction of sp³-hybridized carbons (Fsp3) is 0.286. The average molecular weight is 255 g/mol. The van der Waals surface area contributed by atoms with Crippen LogP contribution in [0.2, 0.25) is 0 Å². The summed E-state index contributed by atoms with van der Waals surface area (Å²) in [5.41, 5.74) is 10.2. The second-order valence-electron chi connectivity index (χ2n) is 4.77. The first kappa shape index (κ1) is 11.9. The highest BCUT2D eigenvalue weighted by Crippen LogP contribution is 2.24. The van der Waals surface area contributed by atoms with E-state index in [1.54, 1.807) is 0 Å². The Kier molecular flexibility index (Phi) is 3.05. The summed E-state index contributed by atoms with van der Waals surface area (Å²) in [6.45, 7) is 3.79. The molecule has 19 heavy (non-hydrogen) atoms. The topological polar surface area (TPSA) is 75.9 Å². The van der Waals surface area contributed by atoms with Gasteiger partial charge >= 0.3 is 0 Å². The Hall–Kier alpha value is -2.14. The first-order valence-corrected chi connectivity index (χ1v) is 6.42. The normalized spacial score (nSPS) is 13.9. The molecule has 5 heteroatoms. The maximum Gasteiger partial charge on any atom is 0.222 e. The van der Waals surface area contributed by atoms with Crippen molar-refractivity contribution in [3.8, 4) is 0 Å². The number of rotatable bonds is 2. The van der Waals surface area contributed by atoms with E-state index >= 15 is 0 Å². The molecule has 0 saturated heterocycles. The molecule has 2 aromatic rings. The summed E-state index contributed by atoms with van der Waals surface area (Å²) in [7, 11) is 0. The second kappa shape index (κ2) is 4.85. The Morgan fingerprint density at radius 1 is 1.21 bits per heavy atom. The van der Waals surface area contributed by atoms with Crippen molar-refractivity contribution in [3.63, 3.8) is 0 Å². The van der Waals surface area contributed by atoms with E-state index in [1.807, 2.05) is 12.1 Å². The molecule has 4 N–H and O–H groups in total. The van der Waals surface area contributed by atoms with Crippen molar-refractivity contribution in [2.75, 3.05) is 17.6 Å². The number of aryl methyl sites for hydroxylation is 1. The van der Waals surface area contributed by atoms with Crippen molar-refractivity contribution in [2.45, 2.75) is 19.9 Å². The number of nitrogens with two attached hydrogens (primary N) is 1. The van der Waals surface area contributed by atoms with E-state index in [1.165, 1.54) is 5.56 Å². The minimum atomic E-state index is 0.329. The number of anilines is 3. The monoisotopic (exact) mass is 255 g/mol. The molecule has 0 saturated carbocycles. The van der Waals surface area contributed by atoms with Gasteiger partial charge in [0.25, 0.3) is 0 Å². The summed E-state index contributed by atoms with van der Waals surface area (Å²) < 4.78 is 0. The predicted octanol–water partition coefficient (Wildman–Crippen LogP) is 1.76. The van der Waals surface area contributed by atoms with Crippen LogP contribution in [0.3, 0.4) is 0 Å². The molecular weight excluding hydrogens is 238 g/mol. The largest absolute Gasteiger partial charge is 0.368 e. The van der Waals surface area contributed by atoms with Gasteiger partial charge in [0.2, 0.25) is 5.95 Å². The van der Waals surface area contributed by atoms with Crippen LogP contribution in [0.1, 0.15) is 16.8 Å². The van der Waals surface area contributed by atoms with Crippen LogP contribution < -0.4 is 16.4 Å². The Balaban J connectivity index is 1.95. The molecule has 98 valence electrons. The number of benzene rings is 1. The molecule has 0 spiro atoms. The Morgan fingerprint density at radius 3 is 2.79 bits per heavy atom. The average Bonchev–Trinajstić information content (AvgIpc) is 2.41. The maximum absolute atomic E-state index is 5.78. The first-order valence-electron chi connectivity index (χ1n) is 6.42. The van der Waals surface area contributed by atoms with Crippen molar-refractivity contribution in [1.29, 1.82) is 0 Å². The lowest BCUT2D eigenvalue weighted by atomic mass is 10.1. The van der Waals surface area contributed by atoms with Gasteiger partial charge in [0.1, 0.15) is 5.82 Å². The second-order valence-corrected chi connectivity index (χ2v) is 4.77.